The van der Waals surface area contributed by atoms with Crippen LogP contribution in [0.15, 0.2) is 42.5 Å². The number of rotatable bonds is 4. The Kier molecular flexibility index (Phi) is 5.38. The van der Waals surface area contributed by atoms with E-state index in [1.165, 1.54) is 10.5 Å². The lowest BCUT2D eigenvalue weighted by atomic mass is 10.1. The van der Waals surface area contributed by atoms with Gasteiger partial charge in [-0.3, -0.25) is 19.4 Å². The Balaban J connectivity index is 1.20. The first-order valence-corrected chi connectivity index (χ1v) is 11.1. The summed E-state index contributed by atoms with van der Waals surface area (Å²) in [6.45, 7) is 4.37. The zero-order valence-electron chi connectivity index (χ0n) is 16.4. The molecule has 0 radical (unpaired) electrons. The molecule has 1 atom stereocenters. The lowest BCUT2D eigenvalue weighted by molar-refractivity contribution is -0.123. The number of nitrogens with zero attached hydrogens (tertiary/aromatic N) is 3. The molecule has 0 unspecified atom stereocenters. The van der Waals surface area contributed by atoms with E-state index in [1.54, 1.807) is 0 Å². The number of hydrogen-bond acceptors (Lipinski definition) is 6. The van der Waals surface area contributed by atoms with E-state index in [-0.39, 0.29) is 31.1 Å². The zero-order valence-corrected chi connectivity index (χ0v) is 18.6. The lowest BCUT2D eigenvalue weighted by Crippen LogP contribution is -2.52. The number of halogens is 1. The van der Waals surface area contributed by atoms with E-state index >= 15 is 0 Å². The fourth-order valence-electron chi connectivity index (χ4n) is 4.29. The highest BCUT2D eigenvalue weighted by molar-refractivity contribution is 14.1. The number of carbonyl (C=O) groups excluding carboxylic acids is 2. The van der Waals surface area contributed by atoms with Crippen molar-refractivity contribution in [3.63, 3.8) is 0 Å². The van der Waals surface area contributed by atoms with Crippen molar-refractivity contribution in [3.8, 4) is 11.5 Å². The lowest BCUT2D eigenvalue weighted by Gasteiger charge is -2.37. The third-order valence-electron chi connectivity index (χ3n) is 5.90. The topological polar surface area (TPSA) is 62.3 Å². The Bertz CT molecular complexity index is 973. The van der Waals surface area contributed by atoms with E-state index in [9.17, 15) is 9.59 Å². The minimum Gasteiger partial charge on any atom is -0.454 e. The average molecular weight is 519 g/mol. The summed E-state index contributed by atoms with van der Waals surface area (Å²) in [4.78, 5) is 31.4. The van der Waals surface area contributed by atoms with Crippen LogP contribution in [-0.2, 0) is 16.1 Å². The van der Waals surface area contributed by atoms with E-state index in [1.807, 2.05) is 36.4 Å². The van der Waals surface area contributed by atoms with Crippen molar-refractivity contribution in [1.82, 2.24) is 9.80 Å². The number of carbonyl (C=O) groups is 2. The Morgan fingerprint density at radius 3 is 2.43 bits per heavy atom. The second-order valence-corrected chi connectivity index (χ2v) is 9.01. The number of fused-ring (bicyclic) bond motifs is 1. The van der Waals surface area contributed by atoms with Crippen molar-refractivity contribution in [1.29, 1.82) is 0 Å². The molecule has 3 aliphatic heterocycles. The van der Waals surface area contributed by atoms with Gasteiger partial charge in [0.2, 0.25) is 12.7 Å². The molecule has 3 heterocycles. The van der Waals surface area contributed by atoms with Gasteiger partial charge in [-0.2, -0.15) is 0 Å². The van der Waals surface area contributed by atoms with Gasteiger partial charge in [0.15, 0.2) is 11.5 Å². The van der Waals surface area contributed by atoms with Crippen LogP contribution in [-0.4, -0.2) is 60.6 Å². The zero-order chi connectivity index (χ0) is 20.7. The molecule has 2 amide bonds. The predicted octanol–water partition coefficient (Wildman–Crippen LogP) is 2.47. The van der Waals surface area contributed by atoms with Crippen molar-refractivity contribution >= 4 is 40.1 Å². The first kappa shape index (κ1) is 19.8. The molecule has 3 aliphatic rings. The Hall–Kier alpha value is -2.17. The number of piperazine rings is 1. The highest BCUT2D eigenvalue weighted by Crippen LogP contribution is 2.33. The number of hydrogen-bond donors (Lipinski definition) is 0. The van der Waals surface area contributed by atoms with Crippen molar-refractivity contribution in [2.75, 3.05) is 37.9 Å². The van der Waals surface area contributed by atoms with Gasteiger partial charge < -0.3 is 9.47 Å². The molecule has 2 aromatic carbocycles. The van der Waals surface area contributed by atoms with Crippen LogP contribution in [0, 0.1) is 3.57 Å². The van der Waals surface area contributed by atoms with Gasteiger partial charge in [-0.05, 0) is 64.6 Å². The quantitative estimate of drug-likeness (QED) is 0.457. The summed E-state index contributed by atoms with van der Waals surface area (Å²) >= 11 is 2.21. The van der Waals surface area contributed by atoms with Crippen LogP contribution < -0.4 is 14.4 Å². The van der Waals surface area contributed by atoms with Gasteiger partial charge in [-0.1, -0.05) is 6.07 Å². The summed E-state index contributed by atoms with van der Waals surface area (Å²) in [5.41, 5.74) is 1.85. The standard InChI is InChI=1S/C22H22IN3O4/c23-16-2-4-17(5-3-16)26-21(27)12-18(22(26)28)25-9-7-24(8-10-25)13-15-1-6-19-20(11-15)30-14-29-19/h1-6,11,18H,7-10,12-14H2/t18-/m0/s1. The first-order valence-electron chi connectivity index (χ1n) is 10.1. The summed E-state index contributed by atoms with van der Waals surface area (Å²) in [7, 11) is 0. The summed E-state index contributed by atoms with van der Waals surface area (Å²) in [5, 5.41) is 0. The molecule has 7 nitrogen and oxygen atoms in total. The highest BCUT2D eigenvalue weighted by Gasteiger charge is 2.43. The van der Waals surface area contributed by atoms with E-state index < -0.39 is 0 Å². The minimum atomic E-state index is -0.357. The minimum absolute atomic E-state index is 0.106. The molecule has 5 rings (SSSR count). The van der Waals surface area contributed by atoms with Crippen molar-refractivity contribution in [2.24, 2.45) is 0 Å². The number of anilines is 1. The highest BCUT2D eigenvalue weighted by atomic mass is 127. The van der Waals surface area contributed by atoms with Crippen LogP contribution in [0.1, 0.15) is 12.0 Å². The summed E-state index contributed by atoms with van der Waals surface area (Å²) < 4.78 is 11.9. The van der Waals surface area contributed by atoms with Gasteiger partial charge in [-0.15, -0.1) is 0 Å². The monoisotopic (exact) mass is 519 g/mol. The molecule has 0 saturated carbocycles. The van der Waals surface area contributed by atoms with E-state index in [0.29, 0.717) is 5.69 Å². The number of benzene rings is 2. The van der Waals surface area contributed by atoms with Gasteiger partial charge in [0, 0.05) is 36.3 Å². The van der Waals surface area contributed by atoms with Crippen LogP contribution in [0.25, 0.3) is 0 Å². The average Bonchev–Trinajstić information content (AvgIpc) is 3.33. The van der Waals surface area contributed by atoms with Crippen molar-refractivity contribution < 1.29 is 19.1 Å². The molecule has 0 aromatic heterocycles. The second kappa shape index (κ2) is 8.16. The third-order valence-corrected chi connectivity index (χ3v) is 6.62. The number of imide groups is 1. The SMILES string of the molecule is O=C1C[C@H](N2CCN(Cc3ccc4c(c3)OCO4)CC2)C(=O)N1c1ccc(I)cc1. The molecular weight excluding hydrogens is 497 g/mol. The summed E-state index contributed by atoms with van der Waals surface area (Å²) in [6, 6.07) is 13.2. The molecule has 0 spiro atoms. The molecule has 0 bridgehead atoms. The Morgan fingerprint density at radius 2 is 1.67 bits per heavy atom. The van der Waals surface area contributed by atoms with Crippen LogP contribution in [0.4, 0.5) is 5.69 Å². The first-order chi connectivity index (χ1) is 14.6. The van der Waals surface area contributed by atoms with E-state index in [0.717, 1.165) is 47.8 Å². The maximum absolute atomic E-state index is 13.0. The molecule has 156 valence electrons. The molecule has 2 saturated heterocycles. The van der Waals surface area contributed by atoms with E-state index in [2.05, 4.69) is 38.5 Å². The van der Waals surface area contributed by atoms with Gasteiger partial charge >= 0.3 is 0 Å². The van der Waals surface area contributed by atoms with Crippen LogP contribution >= 0.6 is 22.6 Å². The molecule has 0 aliphatic carbocycles. The van der Waals surface area contributed by atoms with Crippen molar-refractivity contribution in [2.45, 2.75) is 19.0 Å². The Labute approximate surface area is 188 Å². The van der Waals surface area contributed by atoms with Gasteiger partial charge in [-0.25, -0.2) is 4.90 Å². The smallest absolute Gasteiger partial charge is 0.251 e. The Morgan fingerprint density at radius 1 is 0.933 bits per heavy atom. The third kappa shape index (κ3) is 3.79. The number of ether oxygens (including phenoxy) is 2. The predicted molar refractivity (Wildman–Crippen MR) is 119 cm³/mol. The fraction of sp³-hybridized carbons (Fsp3) is 0.364. The van der Waals surface area contributed by atoms with Crippen LogP contribution in [0.3, 0.4) is 0 Å². The molecule has 8 heteroatoms. The summed E-state index contributed by atoms with van der Waals surface area (Å²) in [5.74, 6) is 1.38. The molecular formula is C22H22IN3O4. The molecule has 30 heavy (non-hydrogen) atoms. The van der Waals surface area contributed by atoms with Crippen LogP contribution in [0.5, 0.6) is 11.5 Å². The molecule has 0 N–H and O–H groups in total. The van der Waals surface area contributed by atoms with Gasteiger partial charge in [0.25, 0.3) is 5.91 Å². The molecule has 2 aromatic rings. The largest absolute Gasteiger partial charge is 0.454 e. The number of amides is 2. The normalized spacial score (nSPS) is 22.2. The van der Waals surface area contributed by atoms with Gasteiger partial charge in [0.05, 0.1) is 18.2 Å². The summed E-state index contributed by atoms with van der Waals surface area (Å²) in [6.07, 6.45) is 0.257. The molecule has 2 fully saturated rings. The van der Waals surface area contributed by atoms with Crippen LogP contribution in [0.2, 0.25) is 0 Å². The fourth-order valence-corrected chi connectivity index (χ4v) is 4.65. The maximum atomic E-state index is 13.0. The maximum Gasteiger partial charge on any atom is 0.251 e. The van der Waals surface area contributed by atoms with E-state index in [4.69, 9.17) is 9.47 Å². The second-order valence-electron chi connectivity index (χ2n) is 7.76. The van der Waals surface area contributed by atoms with Gasteiger partial charge in [0.1, 0.15) is 0 Å². The van der Waals surface area contributed by atoms with Crippen molar-refractivity contribution in [3.05, 3.63) is 51.6 Å².